The Morgan fingerprint density at radius 2 is 1.80 bits per heavy atom. The van der Waals surface area contributed by atoms with Gasteiger partial charge in [0.25, 0.3) is 0 Å². The van der Waals surface area contributed by atoms with Crippen molar-refractivity contribution in [3.63, 3.8) is 0 Å². The summed E-state index contributed by atoms with van der Waals surface area (Å²) in [7, 11) is 0. The van der Waals surface area contributed by atoms with Crippen LogP contribution < -0.4 is 5.48 Å². The third-order valence-electron chi connectivity index (χ3n) is 1.92. The molecule has 0 saturated heterocycles. The van der Waals surface area contributed by atoms with Crippen LogP contribution in [-0.2, 0) is 11.4 Å². The molecule has 1 aromatic heterocycles. The van der Waals surface area contributed by atoms with Gasteiger partial charge in [0.15, 0.2) is 0 Å². The molecule has 0 bridgehead atoms. The molecule has 0 fully saturated rings. The molecule has 0 radical (unpaired) electrons. The summed E-state index contributed by atoms with van der Waals surface area (Å²) < 4.78 is 0. The molecule has 15 heavy (non-hydrogen) atoms. The van der Waals surface area contributed by atoms with Gasteiger partial charge in [-0.25, -0.2) is 10.5 Å². The second-order valence-electron chi connectivity index (χ2n) is 3.09. The summed E-state index contributed by atoms with van der Waals surface area (Å²) in [6.07, 6.45) is 1.72. The zero-order valence-corrected chi connectivity index (χ0v) is 8.26. The van der Waals surface area contributed by atoms with Crippen LogP contribution in [0.2, 0.25) is 0 Å². The van der Waals surface area contributed by atoms with Gasteiger partial charge in [0.1, 0.15) is 5.82 Å². The minimum absolute atomic E-state index is 0.525. The fourth-order valence-corrected chi connectivity index (χ4v) is 1.19. The van der Waals surface area contributed by atoms with E-state index < -0.39 is 0 Å². The molecule has 3 nitrogen and oxygen atoms in total. The molecule has 1 aromatic carbocycles. The smallest absolute Gasteiger partial charge is 0.149 e. The average molecular weight is 200 g/mol. The Morgan fingerprint density at radius 3 is 2.53 bits per heavy atom. The third-order valence-corrected chi connectivity index (χ3v) is 1.92. The van der Waals surface area contributed by atoms with Crippen molar-refractivity contribution in [1.29, 1.82) is 0 Å². The van der Waals surface area contributed by atoms with Crippen molar-refractivity contribution in [2.45, 2.75) is 6.61 Å². The lowest BCUT2D eigenvalue weighted by molar-refractivity contribution is 0.179. The molecule has 0 amide bonds. The molecule has 76 valence electrons. The number of rotatable bonds is 4. The molecule has 0 atom stereocenters. The summed E-state index contributed by atoms with van der Waals surface area (Å²) >= 11 is 0. The van der Waals surface area contributed by atoms with Gasteiger partial charge < -0.3 is 0 Å². The summed E-state index contributed by atoms with van der Waals surface area (Å²) in [6, 6.07) is 15.6. The number of anilines is 1. The molecule has 2 rings (SSSR count). The van der Waals surface area contributed by atoms with Crippen molar-refractivity contribution in [2.75, 3.05) is 5.48 Å². The zero-order chi connectivity index (χ0) is 10.3. The van der Waals surface area contributed by atoms with Crippen LogP contribution in [-0.4, -0.2) is 4.98 Å². The highest BCUT2D eigenvalue weighted by Crippen LogP contribution is 2.03. The van der Waals surface area contributed by atoms with Gasteiger partial charge in [-0.1, -0.05) is 36.4 Å². The van der Waals surface area contributed by atoms with Crippen molar-refractivity contribution in [3.05, 3.63) is 60.3 Å². The Labute approximate surface area is 88.7 Å². The zero-order valence-electron chi connectivity index (χ0n) is 8.26. The van der Waals surface area contributed by atoms with Crippen molar-refractivity contribution in [3.8, 4) is 0 Å². The number of benzene rings is 1. The molecule has 0 aliphatic carbocycles. The van der Waals surface area contributed by atoms with Crippen LogP contribution in [0.5, 0.6) is 0 Å². The summed E-state index contributed by atoms with van der Waals surface area (Å²) in [5.41, 5.74) is 3.91. The molecular weight excluding hydrogens is 188 g/mol. The number of nitrogens with one attached hydrogen (secondary N) is 1. The minimum Gasteiger partial charge on any atom is -0.270 e. The number of pyridine rings is 1. The van der Waals surface area contributed by atoms with Crippen LogP contribution >= 0.6 is 0 Å². The maximum absolute atomic E-state index is 5.29. The van der Waals surface area contributed by atoms with Crippen molar-refractivity contribution in [1.82, 2.24) is 4.98 Å². The maximum atomic E-state index is 5.29. The Hall–Kier alpha value is -1.87. The van der Waals surface area contributed by atoms with Gasteiger partial charge in [-0.15, -0.1) is 0 Å². The molecule has 2 aromatic rings. The summed E-state index contributed by atoms with van der Waals surface area (Å²) in [5.74, 6) is 0.716. The van der Waals surface area contributed by atoms with E-state index in [1.807, 2.05) is 48.5 Å². The molecule has 0 aliphatic heterocycles. The van der Waals surface area contributed by atoms with Crippen LogP contribution in [0, 0.1) is 0 Å². The Morgan fingerprint density at radius 1 is 1.00 bits per heavy atom. The number of nitrogens with zero attached hydrogens (tertiary/aromatic N) is 1. The van der Waals surface area contributed by atoms with E-state index in [-0.39, 0.29) is 0 Å². The highest BCUT2D eigenvalue weighted by atomic mass is 16.6. The number of hydrogen-bond donors (Lipinski definition) is 1. The van der Waals surface area contributed by atoms with Gasteiger partial charge in [0.2, 0.25) is 0 Å². The second-order valence-corrected chi connectivity index (χ2v) is 3.09. The van der Waals surface area contributed by atoms with E-state index in [1.54, 1.807) is 6.20 Å². The standard InChI is InChI=1S/C12H12N2O/c1-2-6-11(7-3-1)10-15-14-12-8-4-5-9-13-12/h1-9H,10H2,(H,13,14). The van der Waals surface area contributed by atoms with Gasteiger partial charge in [-0.3, -0.25) is 4.84 Å². The van der Waals surface area contributed by atoms with Crippen LogP contribution in [0.4, 0.5) is 5.82 Å². The molecule has 0 spiro atoms. The topological polar surface area (TPSA) is 34.1 Å². The van der Waals surface area contributed by atoms with Gasteiger partial charge in [-0.05, 0) is 17.7 Å². The first-order valence-corrected chi connectivity index (χ1v) is 4.78. The van der Waals surface area contributed by atoms with Crippen LogP contribution in [0.1, 0.15) is 5.56 Å². The van der Waals surface area contributed by atoms with Gasteiger partial charge in [-0.2, -0.15) is 0 Å². The highest BCUT2D eigenvalue weighted by Gasteiger charge is 1.92. The van der Waals surface area contributed by atoms with E-state index >= 15 is 0 Å². The SMILES string of the molecule is c1ccc(CONc2ccccn2)cc1. The van der Waals surface area contributed by atoms with Crippen molar-refractivity contribution >= 4 is 5.82 Å². The normalized spacial score (nSPS) is 9.87. The first-order valence-electron chi connectivity index (χ1n) is 4.78. The average Bonchev–Trinajstić information content (AvgIpc) is 2.32. The van der Waals surface area contributed by atoms with E-state index in [0.717, 1.165) is 5.56 Å². The second kappa shape index (κ2) is 5.12. The fourth-order valence-electron chi connectivity index (χ4n) is 1.19. The van der Waals surface area contributed by atoms with E-state index in [9.17, 15) is 0 Å². The van der Waals surface area contributed by atoms with Gasteiger partial charge >= 0.3 is 0 Å². The quantitative estimate of drug-likeness (QED) is 0.770. The highest BCUT2D eigenvalue weighted by molar-refractivity contribution is 5.30. The Balaban J connectivity index is 1.81. The molecule has 0 saturated carbocycles. The van der Waals surface area contributed by atoms with Crippen LogP contribution in [0.25, 0.3) is 0 Å². The summed E-state index contributed by atoms with van der Waals surface area (Å²) in [6.45, 7) is 0.525. The van der Waals surface area contributed by atoms with Gasteiger partial charge in [0.05, 0.1) is 6.61 Å². The first-order chi connectivity index (χ1) is 7.45. The minimum atomic E-state index is 0.525. The molecule has 1 N–H and O–H groups in total. The number of aromatic nitrogens is 1. The van der Waals surface area contributed by atoms with E-state index in [4.69, 9.17) is 4.84 Å². The molecule has 1 heterocycles. The molecular formula is C12H12N2O. The Kier molecular flexibility index (Phi) is 3.30. The van der Waals surface area contributed by atoms with Crippen LogP contribution in [0.15, 0.2) is 54.7 Å². The lowest BCUT2D eigenvalue weighted by Gasteiger charge is -2.05. The molecule has 0 unspecified atom stereocenters. The molecule has 3 heteroatoms. The number of hydrogen-bond acceptors (Lipinski definition) is 3. The van der Waals surface area contributed by atoms with Crippen LogP contribution in [0.3, 0.4) is 0 Å². The lowest BCUT2D eigenvalue weighted by atomic mass is 10.2. The molecule has 0 aliphatic rings. The Bertz CT molecular complexity index is 349. The predicted molar refractivity (Wildman–Crippen MR) is 59.1 cm³/mol. The van der Waals surface area contributed by atoms with Crippen molar-refractivity contribution < 1.29 is 4.84 Å². The largest absolute Gasteiger partial charge is 0.270 e. The summed E-state index contributed by atoms with van der Waals surface area (Å²) in [4.78, 5) is 9.37. The van der Waals surface area contributed by atoms with Crippen molar-refractivity contribution in [2.24, 2.45) is 0 Å². The monoisotopic (exact) mass is 200 g/mol. The third kappa shape index (κ3) is 3.07. The van der Waals surface area contributed by atoms with Gasteiger partial charge in [0, 0.05) is 6.20 Å². The fraction of sp³-hybridized carbons (Fsp3) is 0.0833. The predicted octanol–water partition coefficient (Wildman–Crippen LogP) is 2.63. The van der Waals surface area contributed by atoms with E-state index in [1.165, 1.54) is 0 Å². The first kappa shape index (κ1) is 9.68. The van der Waals surface area contributed by atoms with E-state index in [2.05, 4.69) is 10.5 Å². The maximum Gasteiger partial charge on any atom is 0.149 e. The van der Waals surface area contributed by atoms with E-state index in [0.29, 0.717) is 12.4 Å². The lowest BCUT2D eigenvalue weighted by Crippen LogP contribution is -2.02. The summed E-state index contributed by atoms with van der Waals surface area (Å²) in [5, 5.41) is 0.